The average molecular weight is 338 g/mol. The Bertz CT molecular complexity index is 630. The fourth-order valence-electron chi connectivity index (χ4n) is 1.92. The Morgan fingerprint density at radius 2 is 1.86 bits per heavy atom. The number of sulfonamides is 1. The zero-order chi connectivity index (χ0) is 17.0. The summed E-state index contributed by atoms with van der Waals surface area (Å²) < 4.78 is 63.0. The van der Waals surface area contributed by atoms with Gasteiger partial charge in [0.25, 0.3) is 0 Å². The predicted octanol–water partition coefficient (Wildman–Crippen LogP) is 1.30. The quantitative estimate of drug-likeness (QED) is 0.821. The molecule has 0 saturated heterocycles. The molecule has 0 aromatic heterocycles. The number of hydrogen-bond acceptors (Lipinski definition) is 3. The lowest BCUT2D eigenvalue weighted by Crippen LogP contribution is -2.40. The molecule has 124 valence electrons. The molecule has 22 heavy (non-hydrogen) atoms. The standard InChI is InChI=1S/C13H17F3N2O3S/c1-9(18-12(19)8-22(20,21)17-2)7-10-5-3-4-6-11(10)13(14,15)16/h3-6,9,17H,7-8H2,1-2H3,(H,18,19)/t9-/m1/s1. The number of alkyl halides is 3. The minimum Gasteiger partial charge on any atom is -0.352 e. The van der Waals surface area contributed by atoms with E-state index in [0.717, 1.165) is 6.07 Å². The maximum atomic E-state index is 12.9. The van der Waals surface area contributed by atoms with Gasteiger partial charge in [-0.2, -0.15) is 13.2 Å². The molecule has 1 aromatic carbocycles. The second-order valence-corrected chi connectivity index (χ2v) is 6.72. The van der Waals surface area contributed by atoms with Crippen molar-refractivity contribution in [2.24, 2.45) is 0 Å². The van der Waals surface area contributed by atoms with Crippen molar-refractivity contribution in [3.63, 3.8) is 0 Å². The normalized spacial score (nSPS) is 13.7. The van der Waals surface area contributed by atoms with Gasteiger partial charge < -0.3 is 5.32 Å². The highest BCUT2D eigenvalue weighted by molar-refractivity contribution is 7.90. The van der Waals surface area contributed by atoms with E-state index in [1.54, 1.807) is 0 Å². The molecule has 0 aliphatic rings. The van der Waals surface area contributed by atoms with Crippen LogP contribution in [0.1, 0.15) is 18.1 Å². The van der Waals surface area contributed by atoms with E-state index in [1.807, 2.05) is 4.72 Å². The van der Waals surface area contributed by atoms with Crippen molar-refractivity contribution in [2.75, 3.05) is 12.8 Å². The first-order valence-electron chi connectivity index (χ1n) is 6.41. The Kier molecular flexibility index (Phi) is 5.95. The number of rotatable bonds is 6. The van der Waals surface area contributed by atoms with Crippen molar-refractivity contribution in [1.82, 2.24) is 10.0 Å². The van der Waals surface area contributed by atoms with Crippen LogP contribution in [-0.4, -0.2) is 33.2 Å². The highest BCUT2D eigenvalue weighted by atomic mass is 32.2. The summed E-state index contributed by atoms with van der Waals surface area (Å²) in [6, 6.07) is 4.42. The zero-order valence-corrected chi connectivity index (χ0v) is 12.9. The Balaban J connectivity index is 2.74. The van der Waals surface area contributed by atoms with Crippen LogP contribution in [0.2, 0.25) is 0 Å². The number of nitrogens with one attached hydrogen (secondary N) is 2. The molecule has 5 nitrogen and oxygen atoms in total. The molecule has 0 radical (unpaired) electrons. The average Bonchev–Trinajstić information content (AvgIpc) is 2.37. The molecule has 2 N–H and O–H groups in total. The molecule has 0 aliphatic heterocycles. The summed E-state index contributed by atoms with van der Waals surface area (Å²) in [5.41, 5.74) is -0.724. The topological polar surface area (TPSA) is 75.3 Å². The lowest BCUT2D eigenvalue weighted by molar-refractivity contribution is -0.138. The second kappa shape index (κ2) is 7.10. The first kappa shape index (κ1) is 18.4. The van der Waals surface area contributed by atoms with Crippen LogP contribution in [0.5, 0.6) is 0 Å². The summed E-state index contributed by atoms with van der Waals surface area (Å²) in [5, 5.41) is 2.37. The number of hydrogen-bond donors (Lipinski definition) is 2. The minimum absolute atomic E-state index is 0.0410. The van der Waals surface area contributed by atoms with E-state index in [9.17, 15) is 26.4 Å². The summed E-state index contributed by atoms with van der Waals surface area (Å²) in [6.45, 7) is 1.51. The van der Waals surface area contributed by atoms with Crippen molar-refractivity contribution in [3.05, 3.63) is 35.4 Å². The van der Waals surface area contributed by atoms with Crippen molar-refractivity contribution in [3.8, 4) is 0 Å². The van der Waals surface area contributed by atoms with Gasteiger partial charge in [-0.25, -0.2) is 13.1 Å². The third-order valence-corrected chi connectivity index (χ3v) is 4.15. The van der Waals surface area contributed by atoms with Crippen LogP contribution in [0.4, 0.5) is 13.2 Å². The van der Waals surface area contributed by atoms with Gasteiger partial charge in [0.2, 0.25) is 15.9 Å². The Labute approximate surface area is 127 Å². The lowest BCUT2D eigenvalue weighted by atomic mass is 10.0. The summed E-state index contributed by atoms with van der Waals surface area (Å²) >= 11 is 0. The molecule has 0 spiro atoms. The van der Waals surface area contributed by atoms with Crippen LogP contribution in [0, 0.1) is 0 Å². The smallest absolute Gasteiger partial charge is 0.352 e. The Morgan fingerprint density at radius 1 is 1.27 bits per heavy atom. The van der Waals surface area contributed by atoms with Gasteiger partial charge in [0, 0.05) is 6.04 Å². The monoisotopic (exact) mass is 338 g/mol. The highest BCUT2D eigenvalue weighted by Gasteiger charge is 2.33. The number of carbonyl (C=O) groups is 1. The van der Waals surface area contributed by atoms with Crippen molar-refractivity contribution in [1.29, 1.82) is 0 Å². The van der Waals surface area contributed by atoms with Gasteiger partial charge in [-0.1, -0.05) is 18.2 Å². The molecule has 1 aromatic rings. The number of carbonyl (C=O) groups excluding carboxylic acids is 1. The van der Waals surface area contributed by atoms with Crippen molar-refractivity contribution < 1.29 is 26.4 Å². The molecule has 9 heteroatoms. The van der Waals surface area contributed by atoms with Crippen LogP contribution < -0.4 is 10.0 Å². The molecule has 1 rings (SSSR count). The lowest BCUT2D eigenvalue weighted by Gasteiger charge is -2.17. The number of halogens is 3. The molecule has 0 fully saturated rings. The summed E-state index contributed by atoms with van der Waals surface area (Å²) in [7, 11) is -2.54. The van der Waals surface area contributed by atoms with Crippen LogP contribution in [0.25, 0.3) is 0 Å². The third kappa shape index (κ3) is 5.64. The molecule has 0 heterocycles. The molecule has 0 saturated carbocycles. The van der Waals surface area contributed by atoms with Gasteiger partial charge in [0.05, 0.1) is 5.56 Å². The van der Waals surface area contributed by atoms with Crippen LogP contribution >= 0.6 is 0 Å². The van der Waals surface area contributed by atoms with E-state index < -0.39 is 39.5 Å². The Hall–Kier alpha value is -1.61. The molecular formula is C13H17F3N2O3S. The molecule has 1 amide bonds. The fourth-order valence-corrected chi connectivity index (χ4v) is 2.49. The van der Waals surface area contributed by atoms with Gasteiger partial charge in [0.15, 0.2) is 0 Å². The molecule has 0 aliphatic carbocycles. The third-order valence-electron chi connectivity index (χ3n) is 2.89. The molecule has 0 bridgehead atoms. The summed E-state index contributed by atoms with van der Waals surface area (Å²) in [4.78, 5) is 11.5. The van der Waals surface area contributed by atoms with Gasteiger partial charge in [-0.15, -0.1) is 0 Å². The maximum absolute atomic E-state index is 12.9. The van der Waals surface area contributed by atoms with Crippen LogP contribution in [0.3, 0.4) is 0 Å². The molecule has 1 atom stereocenters. The van der Waals surface area contributed by atoms with Crippen molar-refractivity contribution in [2.45, 2.75) is 25.6 Å². The van der Waals surface area contributed by atoms with E-state index >= 15 is 0 Å². The predicted molar refractivity (Wildman–Crippen MR) is 75.6 cm³/mol. The first-order chi connectivity index (χ1) is 10.0. The van der Waals surface area contributed by atoms with Gasteiger partial charge in [0.1, 0.15) is 5.75 Å². The van der Waals surface area contributed by atoms with E-state index in [4.69, 9.17) is 0 Å². The summed E-state index contributed by atoms with van der Waals surface area (Å²) in [6.07, 6.45) is -4.53. The largest absolute Gasteiger partial charge is 0.416 e. The van der Waals surface area contributed by atoms with Crippen LogP contribution in [-0.2, 0) is 27.4 Å². The van der Waals surface area contributed by atoms with E-state index in [0.29, 0.717) is 0 Å². The first-order valence-corrected chi connectivity index (χ1v) is 8.06. The van der Waals surface area contributed by atoms with Gasteiger partial charge in [-0.05, 0) is 32.0 Å². The Morgan fingerprint density at radius 3 is 2.41 bits per heavy atom. The highest BCUT2D eigenvalue weighted by Crippen LogP contribution is 2.32. The van der Waals surface area contributed by atoms with E-state index in [-0.39, 0.29) is 12.0 Å². The minimum atomic E-state index is -4.48. The molecule has 0 unspecified atom stereocenters. The number of amides is 1. The maximum Gasteiger partial charge on any atom is 0.416 e. The van der Waals surface area contributed by atoms with Gasteiger partial charge >= 0.3 is 6.18 Å². The van der Waals surface area contributed by atoms with Crippen molar-refractivity contribution >= 4 is 15.9 Å². The fraction of sp³-hybridized carbons (Fsp3) is 0.462. The van der Waals surface area contributed by atoms with E-state index in [1.165, 1.54) is 32.2 Å². The van der Waals surface area contributed by atoms with Gasteiger partial charge in [-0.3, -0.25) is 4.79 Å². The van der Waals surface area contributed by atoms with E-state index in [2.05, 4.69) is 5.32 Å². The zero-order valence-electron chi connectivity index (χ0n) is 12.1. The second-order valence-electron chi connectivity index (χ2n) is 4.79. The molecular weight excluding hydrogens is 321 g/mol. The van der Waals surface area contributed by atoms with Crippen LogP contribution in [0.15, 0.2) is 24.3 Å². The summed E-state index contributed by atoms with van der Waals surface area (Å²) in [5.74, 6) is -1.54. The SMILES string of the molecule is CNS(=O)(=O)CC(=O)N[C@H](C)Cc1ccccc1C(F)(F)F. The number of benzene rings is 1.